The normalized spacial score (nSPS) is 12.8. The summed E-state index contributed by atoms with van der Waals surface area (Å²) in [6.07, 6.45) is 3.38. The van der Waals surface area contributed by atoms with Crippen molar-refractivity contribution in [1.82, 2.24) is 9.97 Å². The second-order valence-corrected chi connectivity index (χ2v) is 7.98. The van der Waals surface area contributed by atoms with E-state index in [0.29, 0.717) is 24.0 Å². The van der Waals surface area contributed by atoms with Crippen molar-refractivity contribution in [3.8, 4) is 0 Å². The first-order valence-electron chi connectivity index (χ1n) is 11.2. The van der Waals surface area contributed by atoms with E-state index in [1.165, 1.54) is 13.3 Å². The van der Waals surface area contributed by atoms with Gasteiger partial charge in [0.2, 0.25) is 5.95 Å². The van der Waals surface area contributed by atoms with Crippen molar-refractivity contribution < 1.29 is 14.3 Å². The molecule has 9 nitrogen and oxygen atoms in total. The van der Waals surface area contributed by atoms with Gasteiger partial charge in [0.05, 0.1) is 0 Å². The number of rotatable bonds is 10. The van der Waals surface area contributed by atoms with Crippen molar-refractivity contribution in [1.29, 1.82) is 0 Å². The van der Waals surface area contributed by atoms with Gasteiger partial charge in [0.1, 0.15) is 12.2 Å². The SMILES string of the molecule is CCN(c1ccccc1)c1nc(Nc2cccc(N(C(=O)COC)C3CC3)c2)ncc1C(N)=O. The number of amides is 2. The third-order valence-electron chi connectivity index (χ3n) is 5.50. The first kappa shape index (κ1) is 23.2. The van der Waals surface area contributed by atoms with Gasteiger partial charge < -0.3 is 25.6 Å². The lowest BCUT2D eigenvalue weighted by molar-refractivity contribution is -0.122. The van der Waals surface area contributed by atoms with Crippen molar-refractivity contribution in [2.45, 2.75) is 25.8 Å². The first-order valence-corrected chi connectivity index (χ1v) is 11.2. The molecule has 176 valence electrons. The number of hydrogen-bond acceptors (Lipinski definition) is 7. The number of nitrogens with one attached hydrogen (secondary N) is 1. The molecule has 2 aromatic carbocycles. The molecule has 1 heterocycles. The van der Waals surface area contributed by atoms with Crippen LogP contribution in [0.15, 0.2) is 60.8 Å². The van der Waals surface area contributed by atoms with E-state index in [2.05, 4.69) is 15.3 Å². The zero-order valence-corrected chi connectivity index (χ0v) is 19.3. The molecule has 0 atom stereocenters. The molecule has 1 aromatic heterocycles. The minimum absolute atomic E-state index is 0.0293. The fourth-order valence-corrected chi connectivity index (χ4v) is 3.82. The molecule has 0 unspecified atom stereocenters. The molecule has 1 saturated carbocycles. The monoisotopic (exact) mass is 460 g/mol. The standard InChI is InChI=1S/C25H28N6O3/c1-3-30(18-9-5-4-6-10-18)24-21(23(26)33)15-27-25(29-24)28-17-8-7-11-20(14-17)31(19-12-13-19)22(32)16-34-2/h4-11,14-15,19H,3,12-13,16H2,1-2H3,(H2,26,33)(H,27,28,29). The van der Waals surface area contributed by atoms with Crippen LogP contribution in [0.1, 0.15) is 30.1 Å². The van der Waals surface area contributed by atoms with Gasteiger partial charge in [0, 0.05) is 43.0 Å². The summed E-state index contributed by atoms with van der Waals surface area (Å²) in [5.41, 5.74) is 8.23. The zero-order chi connectivity index (χ0) is 24.1. The number of aromatic nitrogens is 2. The van der Waals surface area contributed by atoms with Crippen molar-refractivity contribution >= 4 is 40.6 Å². The van der Waals surface area contributed by atoms with Crippen LogP contribution >= 0.6 is 0 Å². The van der Waals surface area contributed by atoms with Crippen LogP contribution < -0.4 is 20.9 Å². The summed E-state index contributed by atoms with van der Waals surface area (Å²) in [4.78, 5) is 37.3. The van der Waals surface area contributed by atoms with Crippen LogP contribution in [0.25, 0.3) is 0 Å². The summed E-state index contributed by atoms with van der Waals surface area (Å²) in [7, 11) is 1.51. The highest BCUT2D eigenvalue weighted by Gasteiger charge is 2.33. The van der Waals surface area contributed by atoms with Crippen LogP contribution in [-0.4, -0.2) is 48.1 Å². The van der Waals surface area contributed by atoms with Gasteiger partial charge >= 0.3 is 0 Å². The van der Waals surface area contributed by atoms with E-state index in [1.54, 1.807) is 4.90 Å². The zero-order valence-electron chi connectivity index (χ0n) is 19.3. The molecule has 0 radical (unpaired) electrons. The summed E-state index contributed by atoms with van der Waals surface area (Å²) in [6.45, 7) is 2.58. The smallest absolute Gasteiger partial charge is 0.254 e. The summed E-state index contributed by atoms with van der Waals surface area (Å²) in [5, 5.41) is 3.20. The Labute approximate surface area is 198 Å². The van der Waals surface area contributed by atoms with Crippen LogP contribution in [0.2, 0.25) is 0 Å². The molecule has 0 saturated heterocycles. The third kappa shape index (κ3) is 5.15. The minimum Gasteiger partial charge on any atom is -0.375 e. The number of nitrogens with zero attached hydrogens (tertiary/aromatic N) is 4. The van der Waals surface area contributed by atoms with E-state index < -0.39 is 5.91 Å². The molecule has 4 rings (SSSR count). The van der Waals surface area contributed by atoms with E-state index in [-0.39, 0.29) is 24.1 Å². The number of nitrogens with two attached hydrogens (primary N) is 1. The molecule has 1 aliphatic carbocycles. The van der Waals surface area contributed by atoms with Gasteiger partial charge in [0.25, 0.3) is 11.8 Å². The van der Waals surface area contributed by atoms with Gasteiger partial charge in [-0.05, 0) is 50.1 Å². The molecule has 3 aromatic rings. The average molecular weight is 461 g/mol. The molecule has 3 N–H and O–H groups in total. The van der Waals surface area contributed by atoms with Crippen molar-refractivity contribution in [3.05, 3.63) is 66.4 Å². The summed E-state index contributed by atoms with van der Waals surface area (Å²) in [5.74, 6) is 0.0556. The molecule has 9 heteroatoms. The predicted molar refractivity (Wildman–Crippen MR) is 132 cm³/mol. The molecular weight excluding hydrogens is 432 g/mol. The highest BCUT2D eigenvalue weighted by molar-refractivity contribution is 5.98. The topological polar surface area (TPSA) is 114 Å². The molecule has 0 spiro atoms. The van der Waals surface area contributed by atoms with Crippen molar-refractivity contribution in [2.24, 2.45) is 5.73 Å². The van der Waals surface area contributed by atoms with E-state index in [4.69, 9.17) is 10.5 Å². The molecule has 1 aliphatic rings. The maximum atomic E-state index is 12.6. The molecule has 2 amide bonds. The number of methoxy groups -OCH3 is 1. The Hall–Kier alpha value is -3.98. The maximum Gasteiger partial charge on any atom is 0.254 e. The van der Waals surface area contributed by atoms with Crippen LogP contribution in [0.3, 0.4) is 0 Å². The van der Waals surface area contributed by atoms with Crippen molar-refractivity contribution in [2.75, 3.05) is 35.4 Å². The minimum atomic E-state index is -0.602. The largest absolute Gasteiger partial charge is 0.375 e. The Morgan fingerprint density at radius 2 is 1.85 bits per heavy atom. The Bertz CT molecular complexity index is 1170. The third-order valence-corrected chi connectivity index (χ3v) is 5.50. The fourth-order valence-electron chi connectivity index (χ4n) is 3.82. The average Bonchev–Trinajstić information content (AvgIpc) is 3.66. The Morgan fingerprint density at radius 3 is 2.50 bits per heavy atom. The highest BCUT2D eigenvalue weighted by Crippen LogP contribution is 2.34. The molecular formula is C25H28N6O3. The van der Waals surface area contributed by atoms with E-state index in [9.17, 15) is 9.59 Å². The van der Waals surface area contributed by atoms with Crippen LogP contribution in [0, 0.1) is 0 Å². The Morgan fingerprint density at radius 1 is 1.12 bits per heavy atom. The number of primary amides is 1. The van der Waals surface area contributed by atoms with Crippen LogP contribution in [0.5, 0.6) is 0 Å². The number of ether oxygens (including phenoxy) is 1. The lowest BCUT2D eigenvalue weighted by Gasteiger charge is -2.24. The molecule has 34 heavy (non-hydrogen) atoms. The number of para-hydroxylation sites is 1. The van der Waals surface area contributed by atoms with Gasteiger partial charge in [-0.15, -0.1) is 0 Å². The number of hydrogen-bond donors (Lipinski definition) is 2. The predicted octanol–water partition coefficient (Wildman–Crippen LogP) is 3.62. The summed E-state index contributed by atoms with van der Waals surface area (Å²) < 4.78 is 5.05. The van der Waals surface area contributed by atoms with E-state index >= 15 is 0 Å². The summed E-state index contributed by atoms with van der Waals surface area (Å²) in [6, 6.07) is 17.4. The Balaban J connectivity index is 1.65. The van der Waals surface area contributed by atoms with Gasteiger partial charge in [-0.25, -0.2) is 4.98 Å². The van der Waals surface area contributed by atoms with Crippen LogP contribution in [0.4, 0.5) is 28.8 Å². The number of carbonyl (C=O) groups excluding carboxylic acids is 2. The molecule has 0 bridgehead atoms. The lowest BCUT2D eigenvalue weighted by atomic mass is 10.2. The van der Waals surface area contributed by atoms with E-state index in [0.717, 1.165) is 24.2 Å². The fraction of sp³-hybridized carbons (Fsp3) is 0.280. The van der Waals surface area contributed by atoms with Crippen molar-refractivity contribution in [3.63, 3.8) is 0 Å². The quantitative estimate of drug-likeness (QED) is 0.475. The maximum absolute atomic E-state index is 12.6. The number of benzene rings is 2. The van der Waals surface area contributed by atoms with Gasteiger partial charge in [-0.3, -0.25) is 9.59 Å². The highest BCUT2D eigenvalue weighted by atomic mass is 16.5. The number of carbonyl (C=O) groups is 2. The second kappa shape index (κ2) is 10.3. The lowest BCUT2D eigenvalue weighted by Crippen LogP contribution is -2.35. The van der Waals surface area contributed by atoms with Crippen LogP contribution in [-0.2, 0) is 9.53 Å². The van der Waals surface area contributed by atoms with E-state index in [1.807, 2.05) is 66.4 Å². The second-order valence-electron chi connectivity index (χ2n) is 7.98. The molecule has 1 fully saturated rings. The number of anilines is 5. The van der Waals surface area contributed by atoms with Gasteiger partial charge in [-0.2, -0.15) is 4.98 Å². The van der Waals surface area contributed by atoms with Gasteiger partial charge in [0.15, 0.2) is 5.82 Å². The Kier molecular flexibility index (Phi) is 7.03. The van der Waals surface area contributed by atoms with Gasteiger partial charge in [-0.1, -0.05) is 24.3 Å². The summed E-state index contributed by atoms with van der Waals surface area (Å²) >= 11 is 0. The molecule has 0 aliphatic heterocycles. The first-order chi connectivity index (χ1) is 16.5.